The lowest BCUT2D eigenvalue weighted by Gasteiger charge is -2.26. The number of amides is 2. The van der Waals surface area contributed by atoms with E-state index < -0.39 is 0 Å². The minimum Gasteiger partial charge on any atom is -0.344 e. The number of carbonyl (C=O) groups excluding carboxylic acids is 2. The molecule has 1 atom stereocenters. The van der Waals surface area contributed by atoms with Gasteiger partial charge in [-0.2, -0.15) is 0 Å². The number of pyridine rings is 1. The molecule has 3 heterocycles. The average Bonchev–Trinajstić information content (AvgIpc) is 2.86. The van der Waals surface area contributed by atoms with Crippen LogP contribution in [-0.2, 0) is 16.1 Å². The van der Waals surface area contributed by atoms with Crippen LogP contribution in [0.1, 0.15) is 37.7 Å². The van der Waals surface area contributed by atoms with Crippen molar-refractivity contribution in [3.05, 3.63) is 30.1 Å². The lowest BCUT2D eigenvalue weighted by atomic mass is 10.1. The highest BCUT2D eigenvalue weighted by Gasteiger charge is 2.35. The summed E-state index contributed by atoms with van der Waals surface area (Å²) >= 11 is 0. The van der Waals surface area contributed by atoms with Crippen LogP contribution in [0.5, 0.6) is 0 Å². The molecule has 0 aliphatic carbocycles. The fraction of sp³-hybridized carbons (Fsp3) is 0.650. The van der Waals surface area contributed by atoms with E-state index in [1.807, 2.05) is 24.1 Å². The van der Waals surface area contributed by atoms with Crippen molar-refractivity contribution < 1.29 is 9.59 Å². The van der Waals surface area contributed by atoms with E-state index in [2.05, 4.69) is 9.88 Å². The van der Waals surface area contributed by atoms with E-state index in [-0.39, 0.29) is 17.7 Å². The predicted octanol–water partition coefficient (Wildman–Crippen LogP) is 1.76. The molecule has 0 aromatic carbocycles. The van der Waals surface area contributed by atoms with Gasteiger partial charge in [0, 0.05) is 52.0 Å². The van der Waals surface area contributed by atoms with Crippen LogP contribution in [0, 0.1) is 5.92 Å². The molecular formula is C20H30N4O2. The van der Waals surface area contributed by atoms with Crippen molar-refractivity contribution in [1.29, 1.82) is 0 Å². The molecule has 0 saturated carbocycles. The van der Waals surface area contributed by atoms with E-state index in [1.54, 1.807) is 17.3 Å². The molecule has 0 N–H and O–H groups in total. The SMILES string of the molecule is CN(CCN1CCCCCC1)C(=O)[C@H]1CC(=O)N(Cc2ccncc2)C1. The second-order valence-electron chi connectivity index (χ2n) is 7.55. The van der Waals surface area contributed by atoms with Crippen LogP contribution in [0.25, 0.3) is 0 Å². The Balaban J connectivity index is 1.47. The highest BCUT2D eigenvalue weighted by atomic mass is 16.2. The molecule has 2 fully saturated rings. The van der Waals surface area contributed by atoms with Crippen LogP contribution in [0.3, 0.4) is 0 Å². The molecular weight excluding hydrogens is 328 g/mol. The first-order chi connectivity index (χ1) is 12.6. The first-order valence-electron chi connectivity index (χ1n) is 9.77. The van der Waals surface area contributed by atoms with Gasteiger partial charge in [-0.15, -0.1) is 0 Å². The van der Waals surface area contributed by atoms with Crippen LogP contribution < -0.4 is 0 Å². The van der Waals surface area contributed by atoms with Gasteiger partial charge in [0.2, 0.25) is 11.8 Å². The summed E-state index contributed by atoms with van der Waals surface area (Å²) in [6, 6.07) is 3.82. The largest absolute Gasteiger partial charge is 0.344 e. The second-order valence-corrected chi connectivity index (χ2v) is 7.55. The van der Waals surface area contributed by atoms with Crippen LogP contribution in [0.4, 0.5) is 0 Å². The van der Waals surface area contributed by atoms with Crippen molar-refractivity contribution in [2.24, 2.45) is 5.92 Å². The number of aromatic nitrogens is 1. The molecule has 26 heavy (non-hydrogen) atoms. The number of rotatable bonds is 6. The van der Waals surface area contributed by atoms with Crippen molar-refractivity contribution in [2.75, 3.05) is 39.8 Å². The zero-order valence-electron chi connectivity index (χ0n) is 15.8. The summed E-state index contributed by atoms with van der Waals surface area (Å²) in [6.07, 6.45) is 8.96. The smallest absolute Gasteiger partial charge is 0.227 e. The Morgan fingerprint density at radius 3 is 2.58 bits per heavy atom. The minimum atomic E-state index is -0.210. The molecule has 1 aromatic rings. The van der Waals surface area contributed by atoms with Crippen LogP contribution in [0.2, 0.25) is 0 Å². The van der Waals surface area contributed by atoms with Gasteiger partial charge in [-0.3, -0.25) is 14.6 Å². The Labute approximate surface area is 156 Å². The van der Waals surface area contributed by atoms with Gasteiger partial charge in [0.05, 0.1) is 5.92 Å². The maximum absolute atomic E-state index is 12.7. The van der Waals surface area contributed by atoms with E-state index >= 15 is 0 Å². The third-order valence-electron chi connectivity index (χ3n) is 5.51. The Morgan fingerprint density at radius 1 is 1.19 bits per heavy atom. The topological polar surface area (TPSA) is 56.8 Å². The number of likely N-dealkylation sites (tertiary alicyclic amines) is 2. The van der Waals surface area contributed by atoms with E-state index in [9.17, 15) is 9.59 Å². The summed E-state index contributed by atoms with van der Waals surface area (Å²) in [6.45, 7) is 5.04. The Morgan fingerprint density at radius 2 is 1.88 bits per heavy atom. The van der Waals surface area contributed by atoms with Gasteiger partial charge in [-0.1, -0.05) is 12.8 Å². The fourth-order valence-corrected chi connectivity index (χ4v) is 3.87. The molecule has 6 heteroatoms. The molecule has 2 saturated heterocycles. The molecule has 2 aliphatic rings. The van der Waals surface area contributed by atoms with Crippen molar-refractivity contribution in [2.45, 2.75) is 38.6 Å². The number of hydrogen-bond donors (Lipinski definition) is 0. The van der Waals surface area contributed by atoms with E-state index in [1.165, 1.54) is 25.7 Å². The van der Waals surface area contributed by atoms with E-state index in [0.29, 0.717) is 19.5 Å². The maximum Gasteiger partial charge on any atom is 0.227 e. The quantitative estimate of drug-likeness (QED) is 0.778. The third kappa shape index (κ3) is 5.04. The van der Waals surface area contributed by atoms with Crippen molar-refractivity contribution in [3.63, 3.8) is 0 Å². The molecule has 3 rings (SSSR count). The Bertz CT molecular complexity index is 599. The summed E-state index contributed by atoms with van der Waals surface area (Å²) in [4.78, 5) is 35.1. The zero-order valence-corrected chi connectivity index (χ0v) is 15.8. The highest BCUT2D eigenvalue weighted by Crippen LogP contribution is 2.22. The number of hydrogen-bond acceptors (Lipinski definition) is 4. The summed E-state index contributed by atoms with van der Waals surface area (Å²) in [5.41, 5.74) is 1.05. The normalized spacial score (nSPS) is 21.7. The predicted molar refractivity (Wildman–Crippen MR) is 100 cm³/mol. The molecule has 142 valence electrons. The summed E-state index contributed by atoms with van der Waals surface area (Å²) in [7, 11) is 1.87. The van der Waals surface area contributed by atoms with Crippen molar-refractivity contribution in [3.8, 4) is 0 Å². The van der Waals surface area contributed by atoms with E-state index in [4.69, 9.17) is 0 Å². The van der Waals surface area contributed by atoms with Gasteiger partial charge < -0.3 is 14.7 Å². The van der Waals surface area contributed by atoms with Gasteiger partial charge in [0.15, 0.2) is 0 Å². The maximum atomic E-state index is 12.7. The summed E-state index contributed by atoms with van der Waals surface area (Å²) < 4.78 is 0. The number of carbonyl (C=O) groups is 2. The highest BCUT2D eigenvalue weighted by molar-refractivity contribution is 5.89. The first kappa shape index (κ1) is 18.8. The lowest BCUT2D eigenvalue weighted by Crippen LogP contribution is -2.40. The molecule has 0 unspecified atom stereocenters. The number of nitrogens with zero attached hydrogens (tertiary/aromatic N) is 4. The average molecular weight is 358 g/mol. The molecule has 2 amide bonds. The molecule has 0 spiro atoms. The molecule has 2 aliphatic heterocycles. The fourth-order valence-electron chi connectivity index (χ4n) is 3.87. The molecule has 0 radical (unpaired) electrons. The van der Waals surface area contributed by atoms with Gasteiger partial charge in [0.25, 0.3) is 0 Å². The van der Waals surface area contributed by atoms with E-state index in [0.717, 1.165) is 31.7 Å². The van der Waals surface area contributed by atoms with Gasteiger partial charge in [-0.05, 0) is 43.6 Å². The van der Waals surface area contributed by atoms with Crippen molar-refractivity contribution >= 4 is 11.8 Å². The number of likely N-dealkylation sites (N-methyl/N-ethyl adjacent to an activating group) is 1. The monoisotopic (exact) mass is 358 g/mol. The zero-order chi connectivity index (χ0) is 18.4. The molecule has 1 aromatic heterocycles. The van der Waals surface area contributed by atoms with Crippen LogP contribution >= 0.6 is 0 Å². The molecule has 0 bridgehead atoms. The third-order valence-corrected chi connectivity index (χ3v) is 5.51. The van der Waals surface area contributed by atoms with Gasteiger partial charge in [-0.25, -0.2) is 0 Å². The van der Waals surface area contributed by atoms with Crippen molar-refractivity contribution in [1.82, 2.24) is 19.7 Å². The standard InChI is InChI=1S/C20H30N4O2/c1-22(12-13-23-10-4-2-3-5-11-23)20(26)18-14-19(25)24(16-18)15-17-6-8-21-9-7-17/h6-9,18H,2-5,10-16H2,1H3/t18-/m0/s1. The second kappa shape index (κ2) is 9.12. The Kier molecular flexibility index (Phi) is 6.61. The molecule has 6 nitrogen and oxygen atoms in total. The van der Waals surface area contributed by atoms with Crippen LogP contribution in [-0.4, -0.2) is 71.3 Å². The summed E-state index contributed by atoms with van der Waals surface area (Å²) in [5.74, 6) is -0.0371. The minimum absolute atomic E-state index is 0.0704. The lowest BCUT2D eigenvalue weighted by molar-refractivity contribution is -0.134. The Hall–Kier alpha value is -1.95. The van der Waals surface area contributed by atoms with Gasteiger partial charge in [0.1, 0.15) is 0 Å². The summed E-state index contributed by atoms with van der Waals surface area (Å²) in [5, 5.41) is 0. The van der Waals surface area contributed by atoms with Crippen LogP contribution in [0.15, 0.2) is 24.5 Å². The van der Waals surface area contributed by atoms with Gasteiger partial charge >= 0.3 is 0 Å². The first-order valence-corrected chi connectivity index (χ1v) is 9.77.